The van der Waals surface area contributed by atoms with Crippen LogP contribution in [-0.2, 0) is 6.18 Å². The Bertz CT molecular complexity index is 499. The highest BCUT2D eigenvalue weighted by atomic mass is 35.5. The first-order valence-corrected chi connectivity index (χ1v) is 6.68. The van der Waals surface area contributed by atoms with Crippen molar-refractivity contribution in [3.8, 4) is 0 Å². The average molecular weight is 307 g/mol. The molecule has 0 radical (unpaired) electrons. The van der Waals surface area contributed by atoms with Gasteiger partial charge in [-0.2, -0.15) is 13.2 Å². The van der Waals surface area contributed by atoms with E-state index in [0.717, 1.165) is 43.9 Å². The van der Waals surface area contributed by atoms with Crippen LogP contribution in [0, 0.1) is 0 Å². The van der Waals surface area contributed by atoms with Gasteiger partial charge >= 0.3 is 12.2 Å². The summed E-state index contributed by atoms with van der Waals surface area (Å²) in [6.45, 7) is 0. The lowest BCUT2D eigenvalue weighted by atomic mass is 10.2. The third-order valence-corrected chi connectivity index (χ3v) is 3.56. The number of nitrogens with one attached hydrogen (secondary N) is 2. The molecular weight excluding hydrogens is 293 g/mol. The minimum Gasteiger partial charge on any atom is -0.335 e. The maximum Gasteiger partial charge on any atom is 0.416 e. The van der Waals surface area contributed by atoms with Crippen molar-refractivity contribution in [3.63, 3.8) is 0 Å². The van der Waals surface area contributed by atoms with Crippen molar-refractivity contribution in [2.24, 2.45) is 0 Å². The van der Waals surface area contributed by atoms with Gasteiger partial charge in [0.05, 0.1) is 16.3 Å². The monoisotopic (exact) mass is 306 g/mol. The van der Waals surface area contributed by atoms with Crippen molar-refractivity contribution < 1.29 is 18.0 Å². The lowest BCUT2D eigenvalue weighted by Crippen LogP contribution is -2.36. The third kappa shape index (κ3) is 3.79. The van der Waals surface area contributed by atoms with E-state index in [9.17, 15) is 18.0 Å². The van der Waals surface area contributed by atoms with E-state index in [-0.39, 0.29) is 16.8 Å². The van der Waals surface area contributed by atoms with Gasteiger partial charge in [-0.25, -0.2) is 4.79 Å². The van der Waals surface area contributed by atoms with Gasteiger partial charge in [-0.15, -0.1) is 0 Å². The SMILES string of the molecule is O=C(Nc1cc(C(F)(F)F)ccc1Cl)NC1CCCC1. The molecule has 1 fully saturated rings. The molecule has 1 aromatic rings. The molecule has 0 bridgehead atoms. The van der Waals surface area contributed by atoms with Gasteiger partial charge in [0.15, 0.2) is 0 Å². The molecule has 2 rings (SSSR count). The predicted molar refractivity (Wildman–Crippen MR) is 70.9 cm³/mol. The van der Waals surface area contributed by atoms with Crippen LogP contribution in [0.1, 0.15) is 31.2 Å². The van der Waals surface area contributed by atoms with Crippen LogP contribution in [0.4, 0.5) is 23.7 Å². The normalized spacial score (nSPS) is 16.2. The second-order valence-corrected chi connectivity index (χ2v) is 5.18. The fourth-order valence-corrected chi connectivity index (χ4v) is 2.38. The molecule has 0 atom stereocenters. The Kier molecular flexibility index (Phi) is 4.42. The van der Waals surface area contributed by atoms with Crippen LogP contribution >= 0.6 is 11.6 Å². The Hall–Kier alpha value is -1.43. The summed E-state index contributed by atoms with van der Waals surface area (Å²) in [6.07, 6.45) is -0.582. The fraction of sp³-hybridized carbons (Fsp3) is 0.462. The zero-order chi connectivity index (χ0) is 14.8. The summed E-state index contributed by atoms with van der Waals surface area (Å²) in [5.74, 6) is 0. The molecule has 0 aromatic heterocycles. The first-order chi connectivity index (χ1) is 9.36. The van der Waals surface area contributed by atoms with E-state index in [1.165, 1.54) is 0 Å². The molecule has 0 saturated heterocycles. The third-order valence-electron chi connectivity index (χ3n) is 3.23. The van der Waals surface area contributed by atoms with Gasteiger partial charge in [0.2, 0.25) is 0 Å². The molecule has 0 aliphatic heterocycles. The standard InChI is InChI=1S/C13H14ClF3N2O/c14-10-6-5-8(13(15,16)17)7-11(10)19-12(20)18-9-3-1-2-4-9/h5-7,9H,1-4H2,(H2,18,19,20). The number of benzene rings is 1. The number of urea groups is 1. The average Bonchev–Trinajstić information content (AvgIpc) is 2.83. The summed E-state index contributed by atoms with van der Waals surface area (Å²) in [5.41, 5.74) is -0.893. The molecule has 0 unspecified atom stereocenters. The molecule has 1 saturated carbocycles. The van der Waals surface area contributed by atoms with Crippen LogP contribution in [0.25, 0.3) is 0 Å². The molecule has 2 N–H and O–H groups in total. The van der Waals surface area contributed by atoms with Crippen molar-refractivity contribution in [1.82, 2.24) is 5.32 Å². The van der Waals surface area contributed by atoms with Crippen molar-refractivity contribution in [2.75, 3.05) is 5.32 Å². The summed E-state index contributed by atoms with van der Waals surface area (Å²) >= 11 is 5.80. The van der Waals surface area contributed by atoms with Crippen LogP contribution in [0.5, 0.6) is 0 Å². The largest absolute Gasteiger partial charge is 0.416 e. The highest BCUT2D eigenvalue weighted by molar-refractivity contribution is 6.33. The molecule has 0 spiro atoms. The van der Waals surface area contributed by atoms with Crippen LogP contribution in [0.3, 0.4) is 0 Å². The quantitative estimate of drug-likeness (QED) is 0.834. The zero-order valence-corrected chi connectivity index (χ0v) is 11.3. The number of amides is 2. The first kappa shape index (κ1) is 15.0. The molecule has 7 heteroatoms. The number of rotatable bonds is 2. The van der Waals surface area contributed by atoms with Crippen LogP contribution in [-0.4, -0.2) is 12.1 Å². The number of halogens is 4. The Balaban J connectivity index is 2.06. The minimum absolute atomic E-state index is 0.0445. The second-order valence-electron chi connectivity index (χ2n) is 4.77. The fourth-order valence-electron chi connectivity index (χ4n) is 2.21. The molecule has 1 aliphatic rings. The van der Waals surface area contributed by atoms with Crippen molar-refractivity contribution in [3.05, 3.63) is 28.8 Å². The molecule has 0 heterocycles. The number of carbonyl (C=O) groups is 1. The summed E-state index contributed by atoms with van der Waals surface area (Å²) in [4.78, 5) is 11.7. The van der Waals surface area contributed by atoms with Gasteiger partial charge in [-0.3, -0.25) is 0 Å². The maximum atomic E-state index is 12.6. The van der Waals surface area contributed by atoms with Crippen LogP contribution in [0.2, 0.25) is 5.02 Å². The highest BCUT2D eigenvalue weighted by Crippen LogP contribution is 2.33. The number of anilines is 1. The number of hydrogen-bond donors (Lipinski definition) is 2. The predicted octanol–water partition coefficient (Wildman–Crippen LogP) is 4.42. The van der Waals surface area contributed by atoms with Gasteiger partial charge in [-0.1, -0.05) is 24.4 Å². The second kappa shape index (κ2) is 5.91. The van der Waals surface area contributed by atoms with Gasteiger partial charge in [-0.05, 0) is 31.0 Å². The summed E-state index contributed by atoms with van der Waals surface area (Å²) in [5, 5.41) is 5.16. The summed E-state index contributed by atoms with van der Waals surface area (Å²) < 4.78 is 37.8. The number of carbonyl (C=O) groups excluding carboxylic acids is 1. The first-order valence-electron chi connectivity index (χ1n) is 6.30. The lowest BCUT2D eigenvalue weighted by Gasteiger charge is -2.15. The van der Waals surface area contributed by atoms with Gasteiger partial charge in [0.1, 0.15) is 0 Å². The molecule has 1 aromatic carbocycles. The lowest BCUT2D eigenvalue weighted by molar-refractivity contribution is -0.137. The molecule has 110 valence electrons. The molecule has 1 aliphatic carbocycles. The Morgan fingerprint density at radius 2 is 1.90 bits per heavy atom. The molecule has 20 heavy (non-hydrogen) atoms. The molecule has 3 nitrogen and oxygen atoms in total. The topological polar surface area (TPSA) is 41.1 Å². The Morgan fingerprint density at radius 1 is 1.25 bits per heavy atom. The highest BCUT2D eigenvalue weighted by Gasteiger charge is 2.31. The van der Waals surface area contributed by atoms with E-state index in [4.69, 9.17) is 11.6 Å². The Morgan fingerprint density at radius 3 is 2.50 bits per heavy atom. The van der Waals surface area contributed by atoms with Crippen molar-refractivity contribution >= 4 is 23.3 Å². The number of alkyl halides is 3. The van der Waals surface area contributed by atoms with Gasteiger partial charge < -0.3 is 10.6 Å². The van der Waals surface area contributed by atoms with E-state index in [2.05, 4.69) is 10.6 Å². The van der Waals surface area contributed by atoms with Gasteiger partial charge in [0, 0.05) is 6.04 Å². The minimum atomic E-state index is -4.47. The van der Waals surface area contributed by atoms with Crippen LogP contribution < -0.4 is 10.6 Å². The van der Waals surface area contributed by atoms with E-state index in [1.807, 2.05) is 0 Å². The summed E-state index contributed by atoms with van der Waals surface area (Å²) in [6, 6.07) is 2.38. The smallest absolute Gasteiger partial charge is 0.335 e. The van der Waals surface area contributed by atoms with E-state index in [0.29, 0.717) is 0 Å². The Labute approximate surface area is 119 Å². The van der Waals surface area contributed by atoms with Crippen molar-refractivity contribution in [2.45, 2.75) is 37.9 Å². The van der Waals surface area contributed by atoms with Crippen molar-refractivity contribution in [1.29, 1.82) is 0 Å². The van der Waals surface area contributed by atoms with Gasteiger partial charge in [0.25, 0.3) is 0 Å². The van der Waals surface area contributed by atoms with E-state index >= 15 is 0 Å². The molecular formula is C13H14ClF3N2O. The maximum absolute atomic E-state index is 12.6. The summed E-state index contributed by atoms with van der Waals surface area (Å²) in [7, 11) is 0. The zero-order valence-electron chi connectivity index (χ0n) is 10.6. The molecule has 2 amide bonds. The van der Waals surface area contributed by atoms with Crippen LogP contribution in [0.15, 0.2) is 18.2 Å². The number of hydrogen-bond acceptors (Lipinski definition) is 1. The van der Waals surface area contributed by atoms with E-state index < -0.39 is 17.8 Å². The van der Waals surface area contributed by atoms with E-state index in [1.54, 1.807) is 0 Å².